The standard InChI is InChI=1S/C20H22N4OS/c1-13-7-8-16(11-14(13)2)22-18(25)15-5-4-10-24(12-15)20-23-17-6-3-9-21-19(17)26-20/h3,6-9,11,15H,4-5,10,12H2,1-2H3,(H,22,25)/t15-/m1/s1. The van der Waals surface area contributed by atoms with Gasteiger partial charge in [-0.15, -0.1) is 0 Å². The molecule has 5 nitrogen and oxygen atoms in total. The summed E-state index contributed by atoms with van der Waals surface area (Å²) in [6.07, 6.45) is 3.70. The Morgan fingerprint density at radius 2 is 2.15 bits per heavy atom. The molecular weight excluding hydrogens is 344 g/mol. The molecule has 1 atom stereocenters. The van der Waals surface area contributed by atoms with Gasteiger partial charge in [0.1, 0.15) is 10.3 Å². The fraction of sp³-hybridized carbons (Fsp3) is 0.350. The molecular formula is C20H22N4OS. The number of benzene rings is 1. The maximum atomic E-state index is 12.7. The molecule has 2 aromatic heterocycles. The van der Waals surface area contributed by atoms with Crippen molar-refractivity contribution in [1.82, 2.24) is 9.97 Å². The molecule has 1 fully saturated rings. The normalized spacial score (nSPS) is 17.5. The first-order chi connectivity index (χ1) is 12.6. The predicted molar refractivity (Wildman–Crippen MR) is 107 cm³/mol. The zero-order valence-corrected chi connectivity index (χ0v) is 15.8. The monoisotopic (exact) mass is 366 g/mol. The van der Waals surface area contributed by atoms with E-state index in [1.165, 1.54) is 11.1 Å². The summed E-state index contributed by atoms with van der Waals surface area (Å²) in [6.45, 7) is 5.78. The number of hydrogen-bond donors (Lipinski definition) is 1. The zero-order valence-electron chi connectivity index (χ0n) is 15.0. The number of amides is 1. The summed E-state index contributed by atoms with van der Waals surface area (Å²) in [5, 5.41) is 4.04. The second-order valence-corrected chi connectivity index (χ2v) is 7.85. The van der Waals surface area contributed by atoms with Crippen LogP contribution < -0.4 is 10.2 Å². The number of nitrogens with zero attached hydrogens (tertiary/aromatic N) is 3. The molecule has 1 aliphatic heterocycles. The highest BCUT2D eigenvalue weighted by atomic mass is 32.1. The Morgan fingerprint density at radius 3 is 2.96 bits per heavy atom. The van der Waals surface area contributed by atoms with Gasteiger partial charge in [-0.25, -0.2) is 9.97 Å². The van der Waals surface area contributed by atoms with E-state index in [9.17, 15) is 4.79 Å². The quantitative estimate of drug-likeness (QED) is 0.756. The number of carbonyl (C=O) groups is 1. The average molecular weight is 366 g/mol. The van der Waals surface area contributed by atoms with Crippen LogP contribution in [0.25, 0.3) is 10.3 Å². The number of thiazole rings is 1. The van der Waals surface area contributed by atoms with Crippen LogP contribution in [0.4, 0.5) is 10.8 Å². The van der Waals surface area contributed by atoms with E-state index in [0.717, 1.165) is 40.6 Å². The maximum absolute atomic E-state index is 12.7. The van der Waals surface area contributed by atoms with E-state index < -0.39 is 0 Å². The summed E-state index contributed by atoms with van der Waals surface area (Å²) in [4.78, 5) is 25.0. The van der Waals surface area contributed by atoms with Gasteiger partial charge < -0.3 is 10.2 Å². The minimum atomic E-state index is -0.0228. The zero-order chi connectivity index (χ0) is 18.1. The maximum Gasteiger partial charge on any atom is 0.229 e. The summed E-state index contributed by atoms with van der Waals surface area (Å²) in [5.74, 6) is 0.0718. The van der Waals surface area contributed by atoms with Gasteiger partial charge in [-0.2, -0.15) is 0 Å². The Kier molecular flexibility index (Phi) is 4.59. The molecule has 1 N–H and O–H groups in total. The predicted octanol–water partition coefficient (Wildman–Crippen LogP) is 4.16. The highest BCUT2D eigenvalue weighted by Gasteiger charge is 2.27. The lowest BCUT2D eigenvalue weighted by atomic mass is 9.97. The Morgan fingerprint density at radius 1 is 1.27 bits per heavy atom. The van der Waals surface area contributed by atoms with E-state index in [4.69, 9.17) is 0 Å². The lowest BCUT2D eigenvalue weighted by Crippen LogP contribution is -2.40. The van der Waals surface area contributed by atoms with Crippen LogP contribution in [0.1, 0.15) is 24.0 Å². The molecule has 1 aromatic carbocycles. The molecule has 1 saturated heterocycles. The highest BCUT2D eigenvalue weighted by Crippen LogP contribution is 2.30. The van der Waals surface area contributed by atoms with Gasteiger partial charge in [-0.3, -0.25) is 4.79 Å². The molecule has 134 valence electrons. The number of nitrogens with one attached hydrogen (secondary N) is 1. The third-order valence-corrected chi connectivity index (χ3v) is 6.03. The van der Waals surface area contributed by atoms with Crippen molar-refractivity contribution in [1.29, 1.82) is 0 Å². The van der Waals surface area contributed by atoms with Gasteiger partial charge in [0, 0.05) is 25.0 Å². The van der Waals surface area contributed by atoms with Gasteiger partial charge in [0.05, 0.1) is 5.92 Å². The summed E-state index contributed by atoms with van der Waals surface area (Å²) < 4.78 is 0. The molecule has 0 unspecified atom stereocenters. The van der Waals surface area contributed by atoms with Crippen molar-refractivity contribution >= 4 is 38.4 Å². The van der Waals surface area contributed by atoms with E-state index >= 15 is 0 Å². The highest BCUT2D eigenvalue weighted by molar-refractivity contribution is 7.21. The van der Waals surface area contributed by atoms with E-state index in [1.807, 2.05) is 30.3 Å². The number of hydrogen-bond acceptors (Lipinski definition) is 5. The molecule has 6 heteroatoms. The second kappa shape index (κ2) is 7.03. The lowest BCUT2D eigenvalue weighted by Gasteiger charge is -2.31. The van der Waals surface area contributed by atoms with E-state index in [2.05, 4.69) is 34.0 Å². The van der Waals surface area contributed by atoms with Crippen LogP contribution in [-0.4, -0.2) is 29.0 Å². The number of piperidine rings is 1. The Balaban J connectivity index is 1.47. The molecule has 3 aromatic rings. The van der Waals surface area contributed by atoms with Crippen LogP contribution in [0.15, 0.2) is 36.5 Å². The number of anilines is 2. The Bertz CT molecular complexity index is 919. The van der Waals surface area contributed by atoms with Crippen molar-refractivity contribution < 1.29 is 4.79 Å². The van der Waals surface area contributed by atoms with Crippen molar-refractivity contribution in [2.24, 2.45) is 5.92 Å². The third kappa shape index (κ3) is 3.42. The topological polar surface area (TPSA) is 58.1 Å². The molecule has 1 aliphatic rings. The summed E-state index contributed by atoms with van der Waals surface area (Å²) >= 11 is 1.60. The van der Waals surface area contributed by atoms with Crippen LogP contribution in [0.2, 0.25) is 0 Å². The second-order valence-electron chi connectivity index (χ2n) is 6.90. The molecule has 4 rings (SSSR count). The van der Waals surface area contributed by atoms with Crippen LogP contribution in [0.3, 0.4) is 0 Å². The molecule has 26 heavy (non-hydrogen) atoms. The Hall–Kier alpha value is -2.47. The van der Waals surface area contributed by atoms with Gasteiger partial charge in [0.15, 0.2) is 5.13 Å². The first kappa shape index (κ1) is 17.0. The number of rotatable bonds is 3. The average Bonchev–Trinajstić information content (AvgIpc) is 3.09. The SMILES string of the molecule is Cc1ccc(NC(=O)[C@@H]2CCCN(c3nc4cccnc4s3)C2)cc1C. The summed E-state index contributed by atoms with van der Waals surface area (Å²) in [6, 6.07) is 9.94. The molecule has 0 radical (unpaired) electrons. The number of aryl methyl sites for hydroxylation is 2. The van der Waals surface area contributed by atoms with Crippen molar-refractivity contribution in [2.75, 3.05) is 23.3 Å². The van der Waals surface area contributed by atoms with Crippen molar-refractivity contribution in [3.63, 3.8) is 0 Å². The smallest absolute Gasteiger partial charge is 0.229 e. The number of carbonyl (C=O) groups excluding carboxylic acids is 1. The van der Waals surface area contributed by atoms with Gasteiger partial charge in [-0.05, 0) is 62.1 Å². The third-order valence-electron chi connectivity index (χ3n) is 4.99. The summed E-state index contributed by atoms with van der Waals surface area (Å²) in [5.41, 5.74) is 4.22. The molecule has 3 heterocycles. The fourth-order valence-electron chi connectivity index (χ4n) is 3.32. The van der Waals surface area contributed by atoms with E-state index in [0.29, 0.717) is 6.54 Å². The first-order valence-corrected chi connectivity index (χ1v) is 9.76. The lowest BCUT2D eigenvalue weighted by molar-refractivity contribution is -0.120. The number of pyridine rings is 1. The van der Waals surface area contributed by atoms with Gasteiger partial charge in [0.25, 0.3) is 0 Å². The van der Waals surface area contributed by atoms with Crippen LogP contribution in [0, 0.1) is 19.8 Å². The van der Waals surface area contributed by atoms with Crippen molar-refractivity contribution in [3.8, 4) is 0 Å². The molecule has 1 amide bonds. The minimum absolute atomic E-state index is 0.0228. The van der Waals surface area contributed by atoms with Gasteiger partial charge in [0.2, 0.25) is 5.91 Å². The summed E-state index contributed by atoms with van der Waals surface area (Å²) in [7, 11) is 0. The van der Waals surface area contributed by atoms with Gasteiger partial charge >= 0.3 is 0 Å². The van der Waals surface area contributed by atoms with E-state index in [1.54, 1.807) is 17.5 Å². The van der Waals surface area contributed by atoms with Gasteiger partial charge in [-0.1, -0.05) is 17.4 Å². The number of fused-ring (bicyclic) bond motifs is 1. The van der Waals surface area contributed by atoms with Crippen LogP contribution in [0.5, 0.6) is 0 Å². The number of aromatic nitrogens is 2. The molecule has 0 aliphatic carbocycles. The molecule has 0 bridgehead atoms. The molecule has 0 saturated carbocycles. The van der Waals surface area contributed by atoms with Crippen molar-refractivity contribution in [2.45, 2.75) is 26.7 Å². The van der Waals surface area contributed by atoms with Crippen LogP contribution in [-0.2, 0) is 4.79 Å². The van der Waals surface area contributed by atoms with Crippen molar-refractivity contribution in [3.05, 3.63) is 47.7 Å². The fourth-order valence-corrected chi connectivity index (χ4v) is 4.27. The Labute approximate surface area is 157 Å². The molecule has 0 spiro atoms. The van der Waals surface area contributed by atoms with E-state index in [-0.39, 0.29) is 11.8 Å². The first-order valence-electron chi connectivity index (χ1n) is 8.95. The largest absolute Gasteiger partial charge is 0.347 e. The minimum Gasteiger partial charge on any atom is -0.347 e. The van der Waals surface area contributed by atoms with Crippen LogP contribution >= 0.6 is 11.3 Å².